The van der Waals surface area contributed by atoms with Crippen LogP contribution in [0, 0.1) is 13.8 Å². The summed E-state index contributed by atoms with van der Waals surface area (Å²) in [4.78, 5) is 1.45. The summed E-state index contributed by atoms with van der Waals surface area (Å²) in [7, 11) is 0. The maximum atomic E-state index is 5.85. The third-order valence-corrected chi connectivity index (χ3v) is 6.14. The Morgan fingerprint density at radius 3 is 2.47 bits per heavy atom. The maximum Gasteiger partial charge on any atom is 0.0885 e. The molecule has 2 aromatic heterocycles. The van der Waals surface area contributed by atoms with E-state index in [0.717, 1.165) is 6.42 Å². The lowest BCUT2D eigenvalue weighted by Crippen LogP contribution is -2.17. The van der Waals surface area contributed by atoms with Gasteiger partial charge in [-0.3, -0.25) is 0 Å². The molecule has 0 aliphatic rings. The van der Waals surface area contributed by atoms with E-state index in [4.69, 9.17) is 5.73 Å². The van der Waals surface area contributed by atoms with Crippen LogP contribution in [0.25, 0.3) is 9.40 Å². The van der Waals surface area contributed by atoms with E-state index < -0.39 is 0 Å². The van der Waals surface area contributed by atoms with E-state index in [1.165, 1.54) is 29.2 Å². The van der Waals surface area contributed by atoms with E-state index in [1.54, 1.807) is 0 Å². The molecule has 4 heteroatoms. The number of halogens is 1. The minimum absolute atomic E-state index is 0.250. The van der Waals surface area contributed by atoms with Gasteiger partial charge in [-0.25, -0.2) is 0 Å². The van der Waals surface area contributed by atoms with E-state index >= 15 is 0 Å². The molecule has 0 saturated heterocycles. The first-order chi connectivity index (χ1) is 7.00. The highest BCUT2D eigenvalue weighted by molar-refractivity contribution is 9.11. The van der Waals surface area contributed by atoms with Gasteiger partial charge in [-0.2, -0.15) is 0 Å². The first-order valence-corrected chi connectivity index (χ1v) is 7.35. The van der Waals surface area contributed by atoms with E-state index in [1.807, 2.05) is 22.7 Å². The van der Waals surface area contributed by atoms with Crippen molar-refractivity contribution < 1.29 is 0 Å². The van der Waals surface area contributed by atoms with E-state index in [0.29, 0.717) is 0 Å². The smallest absolute Gasteiger partial charge is 0.0885 e. The minimum Gasteiger partial charge on any atom is -0.328 e. The van der Waals surface area contributed by atoms with Gasteiger partial charge in [0.25, 0.3) is 0 Å². The van der Waals surface area contributed by atoms with Crippen molar-refractivity contribution in [2.45, 2.75) is 33.2 Å². The van der Waals surface area contributed by atoms with Gasteiger partial charge in [0.15, 0.2) is 0 Å². The van der Waals surface area contributed by atoms with Crippen LogP contribution in [-0.4, -0.2) is 6.04 Å². The Morgan fingerprint density at radius 1 is 1.27 bits per heavy atom. The summed E-state index contributed by atoms with van der Waals surface area (Å²) in [5.41, 5.74) is 8.65. The number of rotatable bonds is 2. The number of nitrogens with two attached hydrogens (primary N) is 1. The summed E-state index contributed by atoms with van der Waals surface area (Å²) >= 11 is 7.33. The van der Waals surface area contributed by atoms with Crippen LogP contribution in [-0.2, 0) is 6.42 Å². The lowest BCUT2D eigenvalue weighted by Gasteiger charge is -2.03. The maximum absolute atomic E-state index is 5.85. The Balaban J connectivity index is 2.57. The molecule has 15 heavy (non-hydrogen) atoms. The highest BCUT2D eigenvalue weighted by Crippen LogP contribution is 2.43. The largest absolute Gasteiger partial charge is 0.328 e. The van der Waals surface area contributed by atoms with E-state index in [2.05, 4.69) is 36.7 Å². The molecule has 82 valence electrons. The minimum atomic E-state index is 0.250. The number of aryl methyl sites for hydroxylation is 2. The van der Waals surface area contributed by atoms with E-state index in [9.17, 15) is 0 Å². The average Bonchev–Trinajstić information content (AvgIpc) is 2.55. The van der Waals surface area contributed by atoms with Gasteiger partial charge in [-0.05, 0) is 54.2 Å². The van der Waals surface area contributed by atoms with Gasteiger partial charge < -0.3 is 5.73 Å². The summed E-state index contributed by atoms with van der Waals surface area (Å²) in [6.45, 7) is 6.46. The molecule has 0 aromatic carbocycles. The molecule has 0 radical (unpaired) electrons. The number of hydrogen-bond acceptors (Lipinski definition) is 3. The quantitative estimate of drug-likeness (QED) is 0.882. The summed E-state index contributed by atoms with van der Waals surface area (Å²) in [5, 5.41) is 1.44. The summed E-state index contributed by atoms with van der Waals surface area (Å²) in [5.74, 6) is 0. The Bertz CT molecular complexity index is 496. The third-order valence-electron chi connectivity index (χ3n) is 2.57. The Morgan fingerprint density at radius 2 is 1.93 bits per heavy atom. The predicted octanol–water partition coefficient (Wildman–Crippen LogP) is 4.23. The highest BCUT2D eigenvalue weighted by Gasteiger charge is 2.15. The molecule has 2 N–H and O–H groups in total. The SMILES string of the molecule is Cc1c(Br)sc2sc(CC(C)N)c(C)c12. The van der Waals surface area contributed by atoms with Crippen molar-refractivity contribution in [2.75, 3.05) is 0 Å². The first kappa shape index (κ1) is 11.6. The summed E-state index contributed by atoms with van der Waals surface area (Å²) in [6.07, 6.45) is 0.995. The first-order valence-electron chi connectivity index (χ1n) is 4.93. The number of fused-ring (bicyclic) bond motifs is 1. The second-order valence-corrected chi connectivity index (χ2v) is 7.70. The predicted molar refractivity (Wildman–Crippen MR) is 74.2 cm³/mol. The highest BCUT2D eigenvalue weighted by atomic mass is 79.9. The van der Waals surface area contributed by atoms with Gasteiger partial charge in [0.2, 0.25) is 0 Å². The molecule has 0 aliphatic carbocycles. The monoisotopic (exact) mass is 303 g/mol. The molecule has 0 amide bonds. The average molecular weight is 304 g/mol. The molecule has 1 unspecified atom stereocenters. The fourth-order valence-corrected chi connectivity index (χ4v) is 5.56. The van der Waals surface area contributed by atoms with Crippen LogP contribution < -0.4 is 5.73 Å². The van der Waals surface area contributed by atoms with Crippen molar-refractivity contribution >= 4 is 48.0 Å². The lowest BCUT2D eigenvalue weighted by atomic mass is 10.1. The van der Waals surface area contributed by atoms with Crippen LogP contribution in [0.15, 0.2) is 3.79 Å². The van der Waals surface area contributed by atoms with Crippen LogP contribution >= 0.6 is 38.6 Å². The second kappa shape index (κ2) is 4.17. The Kier molecular flexibility index (Phi) is 3.22. The van der Waals surface area contributed by atoms with Crippen molar-refractivity contribution in [1.29, 1.82) is 0 Å². The molecule has 0 saturated carbocycles. The summed E-state index contributed by atoms with van der Waals surface area (Å²) in [6, 6.07) is 0.250. The zero-order valence-corrected chi connectivity index (χ0v) is 12.3. The van der Waals surface area contributed by atoms with Crippen LogP contribution in [0.5, 0.6) is 0 Å². The van der Waals surface area contributed by atoms with Crippen molar-refractivity contribution in [3.8, 4) is 0 Å². The lowest BCUT2D eigenvalue weighted by molar-refractivity contribution is 0.744. The van der Waals surface area contributed by atoms with Gasteiger partial charge in [0.1, 0.15) is 0 Å². The topological polar surface area (TPSA) is 26.0 Å². The van der Waals surface area contributed by atoms with Crippen molar-refractivity contribution in [2.24, 2.45) is 5.73 Å². The summed E-state index contributed by atoms with van der Waals surface area (Å²) < 4.78 is 2.69. The van der Waals surface area contributed by atoms with Crippen molar-refractivity contribution in [1.82, 2.24) is 0 Å². The van der Waals surface area contributed by atoms with Crippen LogP contribution in [0.1, 0.15) is 22.9 Å². The van der Waals surface area contributed by atoms with Crippen LogP contribution in [0.4, 0.5) is 0 Å². The molecular formula is C11H14BrNS2. The molecule has 0 aliphatic heterocycles. The van der Waals surface area contributed by atoms with Crippen LogP contribution in [0.3, 0.4) is 0 Å². The van der Waals surface area contributed by atoms with Crippen molar-refractivity contribution in [3.63, 3.8) is 0 Å². The molecular weight excluding hydrogens is 290 g/mol. The molecule has 0 spiro atoms. The third kappa shape index (κ3) is 2.00. The molecule has 0 fully saturated rings. The fraction of sp³-hybridized carbons (Fsp3) is 0.455. The number of hydrogen-bond donors (Lipinski definition) is 1. The second-order valence-electron chi connectivity index (χ2n) is 3.99. The van der Waals surface area contributed by atoms with Gasteiger partial charge in [-0.15, -0.1) is 22.7 Å². The molecule has 2 heterocycles. The van der Waals surface area contributed by atoms with Gasteiger partial charge >= 0.3 is 0 Å². The Hall–Kier alpha value is 0.1000. The van der Waals surface area contributed by atoms with Crippen LogP contribution in [0.2, 0.25) is 0 Å². The zero-order valence-electron chi connectivity index (χ0n) is 9.06. The fourth-order valence-electron chi connectivity index (χ4n) is 1.78. The molecule has 2 rings (SSSR count). The van der Waals surface area contributed by atoms with Gasteiger partial charge in [-0.1, -0.05) is 0 Å². The van der Waals surface area contributed by atoms with Gasteiger partial charge in [0.05, 0.1) is 7.80 Å². The Labute approximate surface area is 106 Å². The molecule has 1 nitrogen and oxygen atoms in total. The number of thiophene rings is 2. The molecule has 2 aromatic rings. The van der Waals surface area contributed by atoms with Crippen molar-refractivity contribution in [3.05, 3.63) is 19.8 Å². The van der Waals surface area contributed by atoms with E-state index in [-0.39, 0.29) is 6.04 Å². The zero-order chi connectivity index (χ0) is 11.2. The van der Waals surface area contributed by atoms with Gasteiger partial charge in [0, 0.05) is 16.3 Å². The standard InChI is InChI=1S/C11H14BrNS2/c1-5(13)4-8-6(2)9-7(3)10(12)15-11(9)14-8/h5H,4,13H2,1-3H3. The molecule has 1 atom stereocenters. The normalized spacial score (nSPS) is 13.7. The molecule has 0 bridgehead atoms.